The van der Waals surface area contributed by atoms with E-state index in [1.165, 1.54) is 12.0 Å². The van der Waals surface area contributed by atoms with Gasteiger partial charge in [0.25, 0.3) is 0 Å². The smallest absolute Gasteiger partial charge is 0.239 e. The van der Waals surface area contributed by atoms with E-state index in [0.29, 0.717) is 6.54 Å². The molecule has 0 aromatic carbocycles. The Morgan fingerprint density at radius 1 is 1.73 bits per heavy atom. The Kier molecular flexibility index (Phi) is 5.31. The molecule has 0 radical (unpaired) electrons. The number of nitrogens with one attached hydrogen (secondary N) is 1. The van der Waals surface area contributed by atoms with Crippen LogP contribution in [0.4, 0.5) is 0 Å². The quantitative estimate of drug-likeness (QED) is 0.740. The molecule has 3 N–H and O–H groups in total. The van der Waals surface area contributed by atoms with Gasteiger partial charge in [-0.3, -0.25) is 4.79 Å². The van der Waals surface area contributed by atoms with Crippen molar-refractivity contribution in [3.63, 3.8) is 0 Å². The van der Waals surface area contributed by atoms with Gasteiger partial charge in [0, 0.05) is 18.5 Å². The minimum absolute atomic E-state index is 0.159. The first-order valence-electron chi connectivity index (χ1n) is 4.78. The minimum atomic E-state index is -0.571. The van der Waals surface area contributed by atoms with Gasteiger partial charge in [0.15, 0.2) is 0 Å². The molecule has 0 saturated carbocycles. The van der Waals surface area contributed by atoms with Crippen molar-refractivity contribution >= 4 is 17.2 Å². The van der Waals surface area contributed by atoms with E-state index in [-0.39, 0.29) is 12.5 Å². The summed E-state index contributed by atoms with van der Waals surface area (Å²) in [5, 5.41) is 4.79. The predicted octanol–water partition coefficient (Wildman–Crippen LogP) is 0.381. The summed E-state index contributed by atoms with van der Waals surface area (Å²) in [6.45, 7) is 0.877. The molecule has 0 saturated heterocycles. The zero-order valence-corrected chi connectivity index (χ0v) is 9.55. The summed E-state index contributed by atoms with van der Waals surface area (Å²) in [5.74, 6) is -0.159. The van der Waals surface area contributed by atoms with Gasteiger partial charge in [-0.15, -0.1) is 11.3 Å². The Morgan fingerprint density at radius 3 is 3.13 bits per heavy atom. The van der Waals surface area contributed by atoms with Crippen LogP contribution in [-0.4, -0.2) is 32.2 Å². The Morgan fingerprint density at radius 2 is 2.53 bits per heavy atom. The highest BCUT2D eigenvalue weighted by Gasteiger charge is 2.11. The van der Waals surface area contributed by atoms with Gasteiger partial charge in [0.2, 0.25) is 5.91 Å². The molecule has 0 fully saturated rings. The molecule has 15 heavy (non-hydrogen) atoms. The van der Waals surface area contributed by atoms with Crippen molar-refractivity contribution < 1.29 is 9.53 Å². The van der Waals surface area contributed by atoms with Crippen LogP contribution in [0.5, 0.6) is 0 Å². The van der Waals surface area contributed by atoms with Gasteiger partial charge in [0.05, 0.1) is 6.61 Å². The summed E-state index contributed by atoms with van der Waals surface area (Å²) in [5.41, 5.74) is 5.55. The van der Waals surface area contributed by atoms with Crippen LogP contribution in [0.3, 0.4) is 0 Å². The maximum atomic E-state index is 11.3. The molecule has 1 aromatic heterocycles. The van der Waals surface area contributed by atoms with Crippen molar-refractivity contribution in [1.82, 2.24) is 5.32 Å². The average Bonchev–Trinajstić information content (AvgIpc) is 2.71. The number of methoxy groups -OCH3 is 1. The topological polar surface area (TPSA) is 64.3 Å². The lowest BCUT2D eigenvalue weighted by Gasteiger charge is -2.10. The minimum Gasteiger partial charge on any atom is -0.383 e. The summed E-state index contributed by atoms with van der Waals surface area (Å²) in [4.78, 5) is 12.6. The van der Waals surface area contributed by atoms with Gasteiger partial charge in [-0.25, -0.2) is 0 Å². The second-order valence-corrected chi connectivity index (χ2v) is 4.21. The van der Waals surface area contributed by atoms with E-state index in [4.69, 9.17) is 10.5 Å². The van der Waals surface area contributed by atoms with Gasteiger partial charge in [-0.05, 0) is 17.9 Å². The number of ether oxygens (including phenoxy) is 1. The average molecular weight is 228 g/mol. The van der Waals surface area contributed by atoms with Crippen molar-refractivity contribution in [2.24, 2.45) is 5.73 Å². The summed E-state index contributed by atoms with van der Waals surface area (Å²) >= 11 is 1.69. The molecule has 0 spiro atoms. The van der Waals surface area contributed by atoms with Crippen LogP contribution >= 0.6 is 11.3 Å². The molecule has 0 aliphatic rings. The number of nitrogens with two attached hydrogens (primary N) is 1. The number of carbonyl (C=O) groups excluding carboxylic acids is 1. The highest BCUT2D eigenvalue weighted by molar-refractivity contribution is 7.09. The largest absolute Gasteiger partial charge is 0.383 e. The third kappa shape index (κ3) is 4.42. The zero-order valence-electron chi connectivity index (χ0n) is 8.73. The third-order valence-corrected chi connectivity index (χ3v) is 2.87. The second kappa shape index (κ2) is 6.55. The first-order valence-corrected chi connectivity index (χ1v) is 5.66. The van der Waals surface area contributed by atoms with Crippen molar-refractivity contribution in [2.75, 3.05) is 20.3 Å². The van der Waals surface area contributed by atoms with Crippen LogP contribution in [0.15, 0.2) is 17.5 Å². The van der Waals surface area contributed by atoms with Gasteiger partial charge in [-0.1, -0.05) is 6.07 Å². The molecule has 5 heteroatoms. The fourth-order valence-corrected chi connectivity index (χ4v) is 1.86. The molecule has 1 heterocycles. The number of amides is 1. The molecular weight excluding hydrogens is 212 g/mol. The molecule has 1 aromatic rings. The van der Waals surface area contributed by atoms with Crippen LogP contribution < -0.4 is 11.1 Å². The summed E-state index contributed by atoms with van der Waals surface area (Å²) in [6.07, 6.45) is 0.850. The molecule has 1 atom stereocenters. The van der Waals surface area contributed by atoms with Gasteiger partial charge < -0.3 is 15.8 Å². The van der Waals surface area contributed by atoms with Crippen molar-refractivity contribution in [3.8, 4) is 0 Å². The SMILES string of the molecule is COCC(N)C(=O)NCCc1cccs1. The maximum absolute atomic E-state index is 11.3. The highest BCUT2D eigenvalue weighted by Crippen LogP contribution is 2.07. The number of hydrogen-bond acceptors (Lipinski definition) is 4. The molecule has 1 amide bonds. The van der Waals surface area contributed by atoms with Crippen molar-refractivity contribution in [3.05, 3.63) is 22.4 Å². The Hall–Kier alpha value is -0.910. The Balaban J connectivity index is 2.17. The number of rotatable bonds is 6. The second-order valence-electron chi connectivity index (χ2n) is 3.18. The van der Waals surface area contributed by atoms with Crippen LogP contribution in [0.25, 0.3) is 0 Å². The van der Waals surface area contributed by atoms with Gasteiger partial charge in [-0.2, -0.15) is 0 Å². The first kappa shape index (κ1) is 12.2. The molecule has 84 valence electrons. The fraction of sp³-hybridized carbons (Fsp3) is 0.500. The number of carbonyl (C=O) groups is 1. The fourth-order valence-electron chi connectivity index (χ4n) is 1.15. The van der Waals surface area contributed by atoms with Gasteiger partial charge >= 0.3 is 0 Å². The molecular formula is C10H16N2O2S. The van der Waals surface area contributed by atoms with Crippen molar-refractivity contribution in [2.45, 2.75) is 12.5 Å². The molecule has 4 nitrogen and oxygen atoms in total. The summed E-state index contributed by atoms with van der Waals surface area (Å²) < 4.78 is 4.79. The standard InChI is InChI=1S/C10H16N2O2S/c1-14-7-9(11)10(13)12-5-4-8-3-2-6-15-8/h2-3,6,9H,4-5,7,11H2,1H3,(H,12,13). The predicted molar refractivity (Wildman–Crippen MR) is 60.9 cm³/mol. The highest BCUT2D eigenvalue weighted by atomic mass is 32.1. The molecule has 1 unspecified atom stereocenters. The lowest BCUT2D eigenvalue weighted by atomic mass is 10.3. The normalized spacial score (nSPS) is 12.4. The molecule has 1 rings (SSSR count). The third-order valence-electron chi connectivity index (χ3n) is 1.93. The van der Waals surface area contributed by atoms with Crippen LogP contribution in [0.1, 0.15) is 4.88 Å². The van der Waals surface area contributed by atoms with E-state index in [1.807, 2.05) is 17.5 Å². The van der Waals surface area contributed by atoms with Crippen LogP contribution in [-0.2, 0) is 16.0 Å². The first-order chi connectivity index (χ1) is 7.24. The zero-order chi connectivity index (χ0) is 11.1. The van der Waals surface area contributed by atoms with Gasteiger partial charge in [0.1, 0.15) is 6.04 Å². The monoisotopic (exact) mass is 228 g/mol. The van der Waals surface area contributed by atoms with Crippen LogP contribution in [0, 0.1) is 0 Å². The Labute approximate surface area is 93.4 Å². The van der Waals surface area contributed by atoms with E-state index in [2.05, 4.69) is 5.32 Å². The van der Waals surface area contributed by atoms with Crippen LogP contribution in [0.2, 0.25) is 0 Å². The van der Waals surface area contributed by atoms with E-state index in [0.717, 1.165) is 6.42 Å². The molecule has 0 bridgehead atoms. The molecule has 0 aliphatic carbocycles. The molecule has 0 aliphatic heterocycles. The number of thiophene rings is 1. The van der Waals surface area contributed by atoms with Crippen molar-refractivity contribution in [1.29, 1.82) is 0 Å². The van der Waals surface area contributed by atoms with E-state index >= 15 is 0 Å². The lowest BCUT2D eigenvalue weighted by Crippen LogP contribution is -2.44. The van der Waals surface area contributed by atoms with E-state index in [1.54, 1.807) is 11.3 Å². The Bertz CT molecular complexity index is 288. The summed E-state index contributed by atoms with van der Waals surface area (Å²) in [7, 11) is 1.53. The van der Waals surface area contributed by atoms with E-state index < -0.39 is 6.04 Å². The number of hydrogen-bond donors (Lipinski definition) is 2. The lowest BCUT2D eigenvalue weighted by molar-refractivity contribution is -0.123. The van der Waals surface area contributed by atoms with E-state index in [9.17, 15) is 4.79 Å². The maximum Gasteiger partial charge on any atom is 0.239 e. The summed E-state index contributed by atoms with van der Waals surface area (Å²) in [6, 6.07) is 3.48.